The average Bonchev–Trinajstić information content (AvgIpc) is 3.02. The number of hydrogen-bond donors (Lipinski definition) is 0. The summed E-state index contributed by atoms with van der Waals surface area (Å²) < 4.78 is 24.0. The highest BCUT2D eigenvalue weighted by Crippen LogP contribution is 2.25. The van der Waals surface area contributed by atoms with E-state index in [4.69, 9.17) is 0 Å². The van der Waals surface area contributed by atoms with Crippen LogP contribution in [-0.2, 0) is 16.4 Å². The molecule has 1 fully saturated rings. The molecule has 0 amide bonds. The van der Waals surface area contributed by atoms with Gasteiger partial charge in [-0.3, -0.25) is 4.90 Å². The van der Waals surface area contributed by atoms with E-state index in [1.54, 1.807) is 18.3 Å². The zero-order valence-corrected chi connectivity index (χ0v) is 15.6. The molecule has 5 nitrogen and oxygen atoms in total. The first-order chi connectivity index (χ1) is 11.9. The second-order valence-corrected chi connectivity index (χ2v) is 8.84. The van der Waals surface area contributed by atoms with Crippen LogP contribution in [0.4, 0.5) is 5.82 Å². The van der Waals surface area contributed by atoms with Crippen LogP contribution in [0.2, 0.25) is 0 Å². The second-order valence-electron chi connectivity index (χ2n) is 6.85. The first-order valence-electron chi connectivity index (χ1n) is 8.56. The van der Waals surface area contributed by atoms with E-state index in [-0.39, 0.29) is 0 Å². The smallest absolute Gasteiger partial charge is 0.179 e. The van der Waals surface area contributed by atoms with Crippen molar-refractivity contribution in [2.24, 2.45) is 5.92 Å². The number of pyridine rings is 1. The maximum Gasteiger partial charge on any atom is 0.179 e. The van der Waals surface area contributed by atoms with Crippen LogP contribution in [0.3, 0.4) is 0 Å². The van der Waals surface area contributed by atoms with Crippen molar-refractivity contribution in [1.82, 2.24) is 9.88 Å². The fourth-order valence-electron chi connectivity index (χ4n) is 3.48. The van der Waals surface area contributed by atoms with Gasteiger partial charge in [0.05, 0.1) is 0 Å². The Morgan fingerprint density at radius 2 is 1.96 bits per heavy atom. The van der Waals surface area contributed by atoms with Crippen LogP contribution in [0.5, 0.6) is 0 Å². The van der Waals surface area contributed by atoms with Crippen molar-refractivity contribution in [3.05, 3.63) is 54.2 Å². The first kappa shape index (κ1) is 17.9. The number of nitrogens with zero attached hydrogens (tertiary/aromatic N) is 3. The molecule has 0 radical (unpaired) electrons. The summed E-state index contributed by atoms with van der Waals surface area (Å²) in [4.78, 5) is 9.05. The molecule has 0 bridgehead atoms. The van der Waals surface area contributed by atoms with Gasteiger partial charge in [-0.1, -0.05) is 30.3 Å². The molecule has 1 aromatic carbocycles. The molecular weight excluding hydrogens is 334 g/mol. The highest BCUT2D eigenvalue weighted by molar-refractivity contribution is 7.90. The van der Waals surface area contributed by atoms with Gasteiger partial charge in [-0.15, -0.1) is 0 Å². The summed E-state index contributed by atoms with van der Waals surface area (Å²) in [5.74, 6) is 1.06. The molecule has 0 N–H and O–H groups in total. The summed E-state index contributed by atoms with van der Waals surface area (Å²) in [6.07, 6.45) is 4.01. The quantitative estimate of drug-likeness (QED) is 0.793. The Labute approximate surface area is 150 Å². The SMILES string of the molecule is CN(CC1CCN(Cc2ccccc2)C1)c1ncccc1S(C)(=O)=O. The van der Waals surface area contributed by atoms with Crippen molar-refractivity contribution < 1.29 is 8.42 Å². The molecule has 1 saturated heterocycles. The van der Waals surface area contributed by atoms with E-state index in [0.717, 1.165) is 32.6 Å². The molecule has 25 heavy (non-hydrogen) atoms. The van der Waals surface area contributed by atoms with Crippen molar-refractivity contribution in [2.75, 3.05) is 37.8 Å². The van der Waals surface area contributed by atoms with Crippen LogP contribution in [0.15, 0.2) is 53.6 Å². The number of sulfone groups is 1. The average molecular weight is 359 g/mol. The van der Waals surface area contributed by atoms with Gasteiger partial charge in [0.15, 0.2) is 9.84 Å². The van der Waals surface area contributed by atoms with Crippen LogP contribution in [0.1, 0.15) is 12.0 Å². The first-order valence-corrected chi connectivity index (χ1v) is 10.4. The van der Waals surface area contributed by atoms with Gasteiger partial charge in [0.2, 0.25) is 0 Å². The van der Waals surface area contributed by atoms with E-state index in [1.165, 1.54) is 11.8 Å². The minimum Gasteiger partial charge on any atom is -0.358 e. The monoisotopic (exact) mass is 359 g/mol. The fraction of sp³-hybridized carbons (Fsp3) is 0.421. The Bertz CT molecular complexity index is 808. The Balaban J connectivity index is 1.62. The van der Waals surface area contributed by atoms with Crippen molar-refractivity contribution in [3.8, 4) is 0 Å². The number of benzene rings is 1. The predicted molar refractivity (Wildman–Crippen MR) is 100 cm³/mol. The number of likely N-dealkylation sites (tertiary alicyclic amines) is 1. The normalized spacial score (nSPS) is 18.4. The molecular formula is C19H25N3O2S. The third-order valence-electron chi connectivity index (χ3n) is 4.66. The molecule has 1 atom stereocenters. The van der Waals surface area contributed by atoms with Gasteiger partial charge in [0.1, 0.15) is 10.7 Å². The van der Waals surface area contributed by atoms with Crippen LogP contribution in [0, 0.1) is 5.92 Å². The van der Waals surface area contributed by atoms with Crippen LogP contribution < -0.4 is 4.90 Å². The highest BCUT2D eigenvalue weighted by Gasteiger charge is 2.25. The summed E-state index contributed by atoms with van der Waals surface area (Å²) in [5.41, 5.74) is 1.33. The van der Waals surface area contributed by atoms with E-state index in [9.17, 15) is 8.42 Å². The lowest BCUT2D eigenvalue weighted by atomic mass is 10.1. The Kier molecular flexibility index (Phi) is 5.39. The van der Waals surface area contributed by atoms with Gasteiger partial charge in [-0.05, 0) is 36.6 Å². The van der Waals surface area contributed by atoms with E-state index in [0.29, 0.717) is 16.6 Å². The van der Waals surface area contributed by atoms with Gasteiger partial charge in [-0.2, -0.15) is 0 Å². The fourth-order valence-corrected chi connectivity index (χ4v) is 4.35. The largest absolute Gasteiger partial charge is 0.358 e. The van der Waals surface area contributed by atoms with E-state index < -0.39 is 9.84 Å². The molecule has 3 rings (SSSR count). The summed E-state index contributed by atoms with van der Waals surface area (Å²) in [6, 6.07) is 13.8. The predicted octanol–water partition coefficient (Wildman–Crippen LogP) is 2.44. The number of aromatic nitrogens is 1. The van der Waals surface area contributed by atoms with Crippen molar-refractivity contribution in [2.45, 2.75) is 17.9 Å². The topological polar surface area (TPSA) is 53.5 Å². The van der Waals surface area contributed by atoms with Gasteiger partial charge >= 0.3 is 0 Å². The van der Waals surface area contributed by atoms with E-state index >= 15 is 0 Å². The van der Waals surface area contributed by atoms with Gasteiger partial charge in [0, 0.05) is 39.1 Å². The lowest BCUT2D eigenvalue weighted by Crippen LogP contribution is -2.29. The minimum absolute atomic E-state index is 0.302. The standard InChI is InChI=1S/C19H25N3O2S/c1-21(19-18(25(2,23)24)9-6-11-20-19)13-17-10-12-22(15-17)14-16-7-4-3-5-8-16/h3-9,11,17H,10,12-15H2,1-2H3. The zero-order chi connectivity index (χ0) is 17.9. The van der Waals surface area contributed by atoms with Crippen LogP contribution in [0.25, 0.3) is 0 Å². The molecule has 1 aromatic heterocycles. The molecule has 1 unspecified atom stereocenters. The maximum absolute atomic E-state index is 12.0. The molecule has 134 valence electrons. The van der Waals surface area contributed by atoms with Crippen molar-refractivity contribution in [3.63, 3.8) is 0 Å². The lowest BCUT2D eigenvalue weighted by molar-refractivity contribution is 0.317. The molecule has 2 heterocycles. The Morgan fingerprint density at radius 1 is 1.20 bits per heavy atom. The second kappa shape index (κ2) is 7.54. The van der Waals surface area contributed by atoms with Crippen molar-refractivity contribution in [1.29, 1.82) is 0 Å². The molecule has 6 heteroatoms. The van der Waals surface area contributed by atoms with E-state index in [1.807, 2.05) is 18.0 Å². The summed E-state index contributed by atoms with van der Waals surface area (Å²) in [7, 11) is -1.35. The van der Waals surface area contributed by atoms with Gasteiger partial charge < -0.3 is 4.90 Å². The number of rotatable bonds is 6. The van der Waals surface area contributed by atoms with Gasteiger partial charge in [-0.25, -0.2) is 13.4 Å². The lowest BCUT2D eigenvalue weighted by Gasteiger charge is -2.24. The third kappa shape index (κ3) is 4.58. The Morgan fingerprint density at radius 3 is 2.68 bits per heavy atom. The summed E-state index contributed by atoms with van der Waals surface area (Å²) in [5, 5.41) is 0. The number of anilines is 1. The molecule has 1 aliphatic rings. The van der Waals surface area contributed by atoms with Gasteiger partial charge in [0.25, 0.3) is 0 Å². The summed E-state index contributed by atoms with van der Waals surface area (Å²) >= 11 is 0. The van der Waals surface area contributed by atoms with Crippen molar-refractivity contribution >= 4 is 15.7 Å². The molecule has 1 aliphatic heterocycles. The summed E-state index contributed by atoms with van der Waals surface area (Å²) in [6.45, 7) is 3.89. The zero-order valence-electron chi connectivity index (χ0n) is 14.8. The minimum atomic E-state index is -3.28. The third-order valence-corrected chi connectivity index (χ3v) is 5.78. The molecule has 0 aliphatic carbocycles. The molecule has 0 spiro atoms. The molecule has 0 saturated carbocycles. The Hall–Kier alpha value is -1.92. The maximum atomic E-state index is 12.0. The highest BCUT2D eigenvalue weighted by atomic mass is 32.2. The van der Waals surface area contributed by atoms with E-state index in [2.05, 4.69) is 34.1 Å². The number of hydrogen-bond acceptors (Lipinski definition) is 5. The molecule has 2 aromatic rings. The van der Waals surface area contributed by atoms with Crippen LogP contribution in [-0.4, -0.2) is 51.2 Å². The van der Waals surface area contributed by atoms with Crippen LogP contribution >= 0.6 is 0 Å².